The quantitative estimate of drug-likeness (QED) is 0.585. The SMILES string of the molecule is CC[C@H](C)[C@@H](NC(=O)COc1ccc(C(C)=O)cc1)C(=O)OC. The number of benzene rings is 1. The van der Waals surface area contributed by atoms with Crippen molar-refractivity contribution in [2.24, 2.45) is 5.92 Å². The molecular formula is C17H23NO5. The number of amides is 1. The van der Waals surface area contributed by atoms with E-state index in [4.69, 9.17) is 9.47 Å². The molecular weight excluding hydrogens is 298 g/mol. The van der Waals surface area contributed by atoms with Crippen molar-refractivity contribution < 1.29 is 23.9 Å². The zero-order valence-electron chi connectivity index (χ0n) is 13.9. The summed E-state index contributed by atoms with van der Waals surface area (Å²) in [7, 11) is 1.29. The Bertz CT molecular complexity index is 553. The molecule has 6 nitrogen and oxygen atoms in total. The summed E-state index contributed by atoms with van der Waals surface area (Å²) in [6.07, 6.45) is 0.730. The number of hydrogen-bond acceptors (Lipinski definition) is 5. The number of Topliss-reactive ketones (excluding diaryl/α,β-unsaturated/α-hetero) is 1. The molecule has 1 rings (SSSR count). The van der Waals surface area contributed by atoms with Crippen molar-refractivity contribution >= 4 is 17.7 Å². The van der Waals surface area contributed by atoms with Gasteiger partial charge in [-0.1, -0.05) is 20.3 Å². The summed E-state index contributed by atoms with van der Waals surface area (Å²) in [4.78, 5) is 34.8. The molecule has 2 atom stereocenters. The lowest BCUT2D eigenvalue weighted by Gasteiger charge is -2.21. The molecule has 0 aliphatic rings. The molecule has 0 fully saturated rings. The Hall–Kier alpha value is -2.37. The Morgan fingerprint density at radius 2 is 1.78 bits per heavy atom. The molecule has 0 aliphatic heterocycles. The van der Waals surface area contributed by atoms with Crippen LogP contribution in [0.3, 0.4) is 0 Å². The number of esters is 1. The minimum atomic E-state index is -0.693. The molecule has 0 aromatic heterocycles. The van der Waals surface area contributed by atoms with E-state index in [1.54, 1.807) is 24.3 Å². The number of carbonyl (C=O) groups is 3. The first-order valence-electron chi connectivity index (χ1n) is 7.50. The molecule has 0 bridgehead atoms. The van der Waals surface area contributed by atoms with E-state index in [1.807, 2.05) is 13.8 Å². The van der Waals surface area contributed by atoms with Crippen molar-refractivity contribution in [1.82, 2.24) is 5.32 Å². The average molecular weight is 321 g/mol. The van der Waals surface area contributed by atoms with Crippen molar-refractivity contribution in [1.29, 1.82) is 0 Å². The molecule has 1 aromatic rings. The number of nitrogens with one attached hydrogen (secondary N) is 1. The molecule has 1 aromatic carbocycles. The van der Waals surface area contributed by atoms with Crippen molar-refractivity contribution in [3.05, 3.63) is 29.8 Å². The van der Waals surface area contributed by atoms with Crippen molar-refractivity contribution in [2.75, 3.05) is 13.7 Å². The molecule has 6 heteroatoms. The second kappa shape index (κ2) is 8.92. The van der Waals surface area contributed by atoms with Gasteiger partial charge in [0.1, 0.15) is 11.8 Å². The summed E-state index contributed by atoms with van der Waals surface area (Å²) >= 11 is 0. The molecule has 126 valence electrons. The van der Waals surface area contributed by atoms with Gasteiger partial charge >= 0.3 is 5.97 Å². The Morgan fingerprint density at radius 3 is 2.26 bits per heavy atom. The van der Waals surface area contributed by atoms with Crippen LogP contribution in [0.4, 0.5) is 0 Å². The summed E-state index contributed by atoms with van der Waals surface area (Å²) in [5.41, 5.74) is 0.573. The van der Waals surface area contributed by atoms with Crippen LogP contribution in [0.5, 0.6) is 5.75 Å². The second-order valence-corrected chi connectivity index (χ2v) is 5.32. The molecule has 0 saturated carbocycles. The monoisotopic (exact) mass is 321 g/mol. The standard InChI is InChI=1S/C17H23NO5/c1-5-11(2)16(17(21)22-4)18-15(20)10-23-14-8-6-13(7-9-14)12(3)19/h6-9,11,16H,5,10H2,1-4H3,(H,18,20)/t11-,16+/m0/s1. The van der Waals surface area contributed by atoms with Gasteiger partial charge in [0.2, 0.25) is 0 Å². The molecule has 23 heavy (non-hydrogen) atoms. The van der Waals surface area contributed by atoms with Gasteiger partial charge in [0.15, 0.2) is 12.4 Å². The van der Waals surface area contributed by atoms with E-state index in [9.17, 15) is 14.4 Å². The summed E-state index contributed by atoms with van der Waals surface area (Å²) in [5, 5.41) is 2.63. The highest BCUT2D eigenvalue weighted by molar-refractivity contribution is 5.94. The number of ketones is 1. The van der Waals surface area contributed by atoms with Crippen LogP contribution >= 0.6 is 0 Å². The van der Waals surface area contributed by atoms with E-state index in [1.165, 1.54) is 14.0 Å². The molecule has 1 N–H and O–H groups in total. The molecule has 0 saturated heterocycles. The predicted molar refractivity (Wildman–Crippen MR) is 85.3 cm³/mol. The van der Waals surface area contributed by atoms with Crippen LogP contribution in [0.1, 0.15) is 37.6 Å². The van der Waals surface area contributed by atoms with Gasteiger partial charge in [-0.2, -0.15) is 0 Å². The fourth-order valence-corrected chi connectivity index (χ4v) is 1.95. The average Bonchev–Trinajstić information content (AvgIpc) is 2.56. The number of carbonyl (C=O) groups excluding carboxylic acids is 3. The maximum absolute atomic E-state index is 11.9. The van der Waals surface area contributed by atoms with Crippen LogP contribution < -0.4 is 10.1 Å². The van der Waals surface area contributed by atoms with Crippen molar-refractivity contribution in [3.8, 4) is 5.75 Å². The van der Waals surface area contributed by atoms with Gasteiger partial charge < -0.3 is 14.8 Å². The van der Waals surface area contributed by atoms with Gasteiger partial charge in [-0.25, -0.2) is 4.79 Å². The van der Waals surface area contributed by atoms with Crippen LogP contribution in [-0.2, 0) is 14.3 Å². The number of methoxy groups -OCH3 is 1. The van der Waals surface area contributed by atoms with E-state index in [0.29, 0.717) is 11.3 Å². The van der Waals surface area contributed by atoms with E-state index >= 15 is 0 Å². The Labute approximate surface area is 136 Å². The van der Waals surface area contributed by atoms with E-state index in [0.717, 1.165) is 6.42 Å². The number of rotatable bonds is 8. The van der Waals surface area contributed by atoms with E-state index in [-0.39, 0.29) is 18.3 Å². The molecule has 1 amide bonds. The van der Waals surface area contributed by atoms with Gasteiger partial charge in [0.25, 0.3) is 5.91 Å². The van der Waals surface area contributed by atoms with Crippen molar-refractivity contribution in [3.63, 3.8) is 0 Å². The van der Waals surface area contributed by atoms with Crippen LogP contribution in [0.25, 0.3) is 0 Å². The lowest BCUT2D eigenvalue weighted by atomic mass is 9.99. The largest absolute Gasteiger partial charge is 0.484 e. The Kier molecular flexibility index (Phi) is 7.25. The van der Waals surface area contributed by atoms with Crippen LogP contribution in [-0.4, -0.2) is 37.4 Å². The maximum atomic E-state index is 11.9. The minimum absolute atomic E-state index is 0.0382. The highest BCUT2D eigenvalue weighted by Crippen LogP contribution is 2.13. The second-order valence-electron chi connectivity index (χ2n) is 5.32. The Balaban J connectivity index is 2.58. The summed E-state index contributed by atoms with van der Waals surface area (Å²) in [6, 6.07) is 5.81. The summed E-state index contributed by atoms with van der Waals surface area (Å²) in [6.45, 7) is 5.05. The molecule has 0 heterocycles. The first kappa shape index (κ1) is 18.7. The lowest BCUT2D eigenvalue weighted by Crippen LogP contribution is -2.47. The fourth-order valence-electron chi connectivity index (χ4n) is 1.95. The van der Waals surface area contributed by atoms with Crippen LogP contribution in [0.2, 0.25) is 0 Å². The van der Waals surface area contributed by atoms with Gasteiger partial charge in [0.05, 0.1) is 7.11 Å². The lowest BCUT2D eigenvalue weighted by molar-refractivity contribution is -0.146. The molecule has 0 aliphatic carbocycles. The third kappa shape index (κ3) is 5.73. The first-order valence-corrected chi connectivity index (χ1v) is 7.50. The maximum Gasteiger partial charge on any atom is 0.328 e. The molecule has 0 spiro atoms. The Morgan fingerprint density at radius 1 is 1.17 bits per heavy atom. The zero-order valence-corrected chi connectivity index (χ0v) is 13.9. The van der Waals surface area contributed by atoms with Gasteiger partial charge in [0, 0.05) is 5.56 Å². The van der Waals surface area contributed by atoms with Gasteiger partial charge in [-0.05, 0) is 37.1 Å². The fraction of sp³-hybridized carbons (Fsp3) is 0.471. The minimum Gasteiger partial charge on any atom is -0.484 e. The topological polar surface area (TPSA) is 81.7 Å². The molecule has 0 radical (unpaired) electrons. The summed E-state index contributed by atoms with van der Waals surface area (Å²) < 4.78 is 10.1. The zero-order chi connectivity index (χ0) is 17.4. The van der Waals surface area contributed by atoms with Crippen molar-refractivity contribution in [2.45, 2.75) is 33.2 Å². The smallest absolute Gasteiger partial charge is 0.328 e. The van der Waals surface area contributed by atoms with E-state index in [2.05, 4.69) is 5.32 Å². The van der Waals surface area contributed by atoms with E-state index < -0.39 is 17.9 Å². The predicted octanol–water partition coefficient (Wildman–Crippen LogP) is 1.97. The summed E-state index contributed by atoms with van der Waals surface area (Å²) in [5.74, 6) is -0.483. The highest BCUT2D eigenvalue weighted by Gasteiger charge is 2.26. The number of ether oxygens (including phenoxy) is 2. The van der Waals surface area contributed by atoms with Gasteiger partial charge in [-0.3, -0.25) is 9.59 Å². The number of hydrogen-bond donors (Lipinski definition) is 1. The van der Waals surface area contributed by atoms with Gasteiger partial charge in [-0.15, -0.1) is 0 Å². The third-order valence-electron chi connectivity index (χ3n) is 3.62. The first-order chi connectivity index (χ1) is 10.9. The third-order valence-corrected chi connectivity index (χ3v) is 3.62. The van der Waals surface area contributed by atoms with Crippen LogP contribution in [0, 0.1) is 5.92 Å². The highest BCUT2D eigenvalue weighted by atomic mass is 16.5. The van der Waals surface area contributed by atoms with Crippen LogP contribution in [0.15, 0.2) is 24.3 Å². The normalized spacial score (nSPS) is 12.9. The molecule has 0 unspecified atom stereocenters.